The summed E-state index contributed by atoms with van der Waals surface area (Å²) in [5.74, 6) is 1.32. The Hall–Kier alpha value is -1.12. The van der Waals surface area contributed by atoms with Gasteiger partial charge in [-0.05, 0) is 31.6 Å². The molecule has 82 valence electrons. The molecular weight excluding hydrogens is 190 g/mol. The third-order valence-corrected chi connectivity index (χ3v) is 3.33. The standard InChI is InChI=1S/C12H17NO2/c1-8(14)2-5-12(15)13-11-7-9-3-4-10(11)6-9/h3-4,9-11H,2,5-7H2,1H3,(H,13,15). The Morgan fingerprint density at radius 2 is 2.07 bits per heavy atom. The van der Waals surface area contributed by atoms with Crippen LogP contribution in [0.25, 0.3) is 0 Å². The van der Waals surface area contributed by atoms with Crippen molar-refractivity contribution in [3.63, 3.8) is 0 Å². The molecule has 0 aromatic heterocycles. The first-order valence-corrected chi connectivity index (χ1v) is 5.62. The summed E-state index contributed by atoms with van der Waals surface area (Å²) in [6, 6.07) is 0.319. The summed E-state index contributed by atoms with van der Waals surface area (Å²) < 4.78 is 0. The van der Waals surface area contributed by atoms with Crippen molar-refractivity contribution in [3.05, 3.63) is 12.2 Å². The molecule has 0 aromatic carbocycles. The number of amides is 1. The minimum Gasteiger partial charge on any atom is -0.353 e. The fourth-order valence-electron chi connectivity index (χ4n) is 2.52. The zero-order valence-electron chi connectivity index (χ0n) is 9.03. The third kappa shape index (κ3) is 2.46. The maximum absolute atomic E-state index is 11.5. The number of ketones is 1. The Balaban J connectivity index is 1.75. The molecule has 0 aromatic rings. The average molecular weight is 207 g/mol. The molecule has 0 aliphatic heterocycles. The van der Waals surface area contributed by atoms with Crippen molar-refractivity contribution in [1.29, 1.82) is 0 Å². The Morgan fingerprint density at radius 3 is 2.60 bits per heavy atom. The number of carbonyl (C=O) groups excluding carboxylic acids is 2. The number of carbonyl (C=O) groups is 2. The number of allylic oxidation sites excluding steroid dienone is 1. The van der Waals surface area contributed by atoms with Gasteiger partial charge >= 0.3 is 0 Å². The molecule has 3 unspecified atom stereocenters. The zero-order valence-corrected chi connectivity index (χ0v) is 9.03. The van der Waals surface area contributed by atoms with Crippen LogP contribution < -0.4 is 5.32 Å². The van der Waals surface area contributed by atoms with Gasteiger partial charge in [-0.15, -0.1) is 0 Å². The van der Waals surface area contributed by atoms with Crippen LogP contribution in [0.1, 0.15) is 32.6 Å². The van der Waals surface area contributed by atoms with Gasteiger partial charge in [0, 0.05) is 18.9 Å². The van der Waals surface area contributed by atoms with E-state index in [1.807, 2.05) is 0 Å². The molecule has 1 N–H and O–H groups in total. The highest BCUT2D eigenvalue weighted by Crippen LogP contribution is 2.38. The number of nitrogens with one attached hydrogen (secondary N) is 1. The Kier molecular flexibility index (Phi) is 2.89. The zero-order chi connectivity index (χ0) is 10.8. The fraction of sp³-hybridized carbons (Fsp3) is 0.667. The van der Waals surface area contributed by atoms with E-state index in [1.54, 1.807) is 0 Å². The molecule has 1 fully saturated rings. The maximum atomic E-state index is 11.5. The van der Waals surface area contributed by atoms with Gasteiger partial charge in [-0.1, -0.05) is 12.2 Å². The van der Waals surface area contributed by atoms with Crippen LogP contribution in [0.15, 0.2) is 12.2 Å². The highest BCUT2D eigenvalue weighted by atomic mass is 16.2. The van der Waals surface area contributed by atoms with Crippen LogP contribution in [-0.2, 0) is 9.59 Å². The lowest BCUT2D eigenvalue weighted by molar-refractivity contribution is -0.125. The van der Waals surface area contributed by atoms with Crippen molar-refractivity contribution < 1.29 is 9.59 Å². The van der Waals surface area contributed by atoms with Crippen molar-refractivity contribution in [2.75, 3.05) is 0 Å². The predicted molar refractivity (Wildman–Crippen MR) is 57.2 cm³/mol. The molecule has 1 amide bonds. The van der Waals surface area contributed by atoms with E-state index in [1.165, 1.54) is 13.3 Å². The van der Waals surface area contributed by atoms with Crippen LogP contribution in [0, 0.1) is 11.8 Å². The van der Waals surface area contributed by atoms with Gasteiger partial charge in [-0.2, -0.15) is 0 Å². The normalized spacial score (nSPS) is 31.9. The Bertz CT molecular complexity index is 309. The largest absolute Gasteiger partial charge is 0.353 e. The molecular formula is C12H17NO2. The molecule has 0 saturated heterocycles. The summed E-state index contributed by atoms with van der Waals surface area (Å²) in [5, 5.41) is 3.02. The minimum atomic E-state index is 0.0242. The van der Waals surface area contributed by atoms with Crippen molar-refractivity contribution in [3.8, 4) is 0 Å². The number of hydrogen-bond donors (Lipinski definition) is 1. The van der Waals surface area contributed by atoms with Gasteiger partial charge in [-0.3, -0.25) is 4.79 Å². The van der Waals surface area contributed by atoms with E-state index < -0.39 is 0 Å². The second-order valence-corrected chi connectivity index (χ2v) is 4.66. The number of fused-ring (bicyclic) bond motifs is 2. The van der Waals surface area contributed by atoms with Gasteiger partial charge in [0.15, 0.2) is 0 Å². The highest BCUT2D eigenvalue weighted by Gasteiger charge is 2.36. The van der Waals surface area contributed by atoms with Crippen LogP contribution >= 0.6 is 0 Å². The van der Waals surface area contributed by atoms with Crippen LogP contribution in [0.2, 0.25) is 0 Å². The SMILES string of the molecule is CC(=O)CCC(=O)NC1CC2C=CC1C2. The maximum Gasteiger partial charge on any atom is 0.220 e. The molecule has 2 aliphatic carbocycles. The second-order valence-electron chi connectivity index (χ2n) is 4.66. The van der Waals surface area contributed by atoms with Gasteiger partial charge < -0.3 is 10.1 Å². The van der Waals surface area contributed by atoms with Crippen LogP contribution in [0.5, 0.6) is 0 Å². The molecule has 15 heavy (non-hydrogen) atoms. The van der Waals surface area contributed by atoms with Crippen LogP contribution in [0.3, 0.4) is 0 Å². The topological polar surface area (TPSA) is 46.2 Å². The molecule has 2 bridgehead atoms. The Labute approximate surface area is 89.9 Å². The van der Waals surface area contributed by atoms with Crippen molar-refractivity contribution in [1.82, 2.24) is 5.32 Å². The summed E-state index contributed by atoms with van der Waals surface area (Å²) in [6.07, 6.45) is 7.44. The molecule has 0 heterocycles. The van der Waals surface area contributed by atoms with E-state index in [4.69, 9.17) is 0 Å². The number of Topliss-reactive ketones (excluding diaryl/α,β-unsaturated/α-hetero) is 1. The van der Waals surface area contributed by atoms with Gasteiger partial charge in [0.25, 0.3) is 0 Å². The van der Waals surface area contributed by atoms with Crippen molar-refractivity contribution in [2.24, 2.45) is 11.8 Å². The van der Waals surface area contributed by atoms with Crippen LogP contribution in [0.4, 0.5) is 0 Å². The molecule has 0 radical (unpaired) electrons. The quantitative estimate of drug-likeness (QED) is 0.709. The van der Waals surface area contributed by atoms with Crippen molar-refractivity contribution in [2.45, 2.75) is 38.6 Å². The first-order chi connectivity index (χ1) is 7.15. The lowest BCUT2D eigenvalue weighted by Crippen LogP contribution is -2.37. The lowest BCUT2D eigenvalue weighted by Gasteiger charge is -2.19. The summed E-state index contributed by atoms with van der Waals surface area (Å²) in [7, 11) is 0. The number of hydrogen-bond acceptors (Lipinski definition) is 2. The van der Waals surface area contributed by atoms with E-state index in [0.717, 1.165) is 6.42 Å². The summed E-state index contributed by atoms with van der Waals surface area (Å²) >= 11 is 0. The van der Waals surface area contributed by atoms with Gasteiger partial charge in [0.1, 0.15) is 5.78 Å². The highest BCUT2D eigenvalue weighted by molar-refractivity contribution is 5.83. The van der Waals surface area contributed by atoms with E-state index in [0.29, 0.717) is 30.7 Å². The average Bonchev–Trinajstić information content (AvgIpc) is 2.76. The smallest absolute Gasteiger partial charge is 0.220 e. The van der Waals surface area contributed by atoms with E-state index in [2.05, 4.69) is 17.5 Å². The lowest BCUT2D eigenvalue weighted by atomic mass is 10.0. The monoisotopic (exact) mass is 207 g/mol. The van der Waals surface area contributed by atoms with E-state index in [-0.39, 0.29) is 11.7 Å². The van der Waals surface area contributed by atoms with Gasteiger partial charge in [0.05, 0.1) is 0 Å². The van der Waals surface area contributed by atoms with Gasteiger partial charge in [0.2, 0.25) is 5.91 Å². The van der Waals surface area contributed by atoms with E-state index >= 15 is 0 Å². The first-order valence-electron chi connectivity index (χ1n) is 5.62. The molecule has 2 rings (SSSR count). The van der Waals surface area contributed by atoms with Crippen LogP contribution in [-0.4, -0.2) is 17.7 Å². The number of rotatable bonds is 4. The summed E-state index contributed by atoms with van der Waals surface area (Å²) in [5.41, 5.74) is 0. The molecule has 3 atom stereocenters. The Morgan fingerprint density at radius 1 is 1.27 bits per heavy atom. The third-order valence-electron chi connectivity index (χ3n) is 3.33. The molecule has 3 heteroatoms. The molecule has 0 spiro atoms. The van der Waals surface area contributed by atoms with E-state index in [9.17, 15) is 9.59 Å². The predicted octanol–water partition coefficient (Wildman–Crippen LogP) is 1.44. The molecule has 2 aliphatic rings. The molecule has 3 nitrogen and oxygen atoms in total. The minimum absolute atomic E-state index is 0.0242. The summed E-state index contributed by atoms with van der Waals surface area (Å²) in [4.78, 5) is 22.2. The van der Waals surface area contributed by atoms with Crippen molar-refractivity contribution >= 4 is 11.7 Å². The van der Waals surface area contributed by atoms with Gasteiger partial charge in [-0.25, -0.2) is 0 Å². The fourth-order valence-corrected chi connectivity index (χ4v) is 2.52. The molecule has 1 saturated carbocycles. The second kappa shape index (κ2) is 4.17. The first kappa shape index (κ1) is 10.4. The summed E-state index contributed by atoms with van der Waals surface area (Å²) in [6.45, 7) is 1.52.